The van der Waals surface area contributed by atoms with Gasteiger partial charge in [-0.15, -0.1) is 0 Å². The Morgan fingerprint density at radius 2 is 1.63 bits per heavy atom. The number of ketones is 1. The Morgan fingerprint density at radius 1 is 0.921 bits per heavy atom. The fourth-order valence-electron chi connectivity index (χ4n) is 5.70. The summed E-state index contributed by atoms with van der Waals surface area (Å²) in [4.78, 5) is 28.6. The highest BCUT2D eigenvalue weighted by Gasteiger charge is 2.48. The SMILES string of the molecule is CCc1ccc(C2/C(=C(/O)c3ccc(OCc4ccccc4)c(C)c3)C(=O)C(=O)N2C2CCCCC2)cc1. The molecule has 1 atom stereocenters. The molecule has 5 rings (SSSR count). The van der Waals surface area contributed by atoms with E-state index in [1.54, 1.807) is 11.0 Å². The van der Waals surface area contributed by atoms with E-state index >= 15 is 0 Å². The number of nitrogens with zero attached hydrogens (tertiary/aromatic N) is 1. The van der Waals surface area contributed by atoms with Gasteiger partial charge in [0.1, 0.15) is 18.1 Å². The number of likely N-dealkylation sites (tertiary alicyclic amines) is 1. The Kier molecular flexibility index (Phi) is 7.64. The molecule has 1 heterocycles. The van der Waals surface area contributed by atoms with Crippen LogP contribution in [0.15, 0.2) is 78.4 Å². The largest absolute Gasteiger partial charge is 0.507 e. The van der Waals surface area contributed by atoms with E-state index in [1.165, 1.54) is 5.56 Å². The van der Waals surface area contributed by atoms with Crippen molar-refractivity contribution in [2.45, 2.75) is 71.1 Å². The van der Waals surface area contributed by atoms with E-state index in [-0.39, 0.29) is 17.4 Å². The van der Waals surface area contributed by atoms with Crippen LogP contribution < -0.4 is 4.74 Å². The fraction of sp³-hybridized carbons (Fsp3) is 0.333. The zero-order valence-corrected chi connectivity index (χ0v) is 22.2. The lowest BCUT2D eigenvalue weighted by Crippen LogP contribution is -2.40. The lowest BCUT2D eigenvalue weighted by molar-refractivity contribution is -0.141. The van der Waals surface area contributed by atoms with Gasteiger partial charge in [0.25, 0.3) is 11.7 Å². The molecule has 1 saturated carbocycles. The highest BCUT2D eigenvalue weighted by molar-refractivity contribution is 6.46. The van der Waals surface area contributed by atoms with Crippen LogP contribution in [0.4, 0.5) is 0 Å². The maximum atomic E-state index is 13.5. The van der Waals surface area contributed by atoms with Crippen LogP contribution >= 0.6 is 0 Å². The zero-order chi connectivity index (χ0) is 26.6. The van der Waals surface area contributed by atoms with Crippen LogP contribution in [0.3, 0.4) is 0 Å². The van der Waals surface area contributed by atoms with Crippen molar-refractivity contribution in [2.24, 2.45) is 0 Å². The first kappa shape index (κ1) is 25.8. The number of aliphatic hydroxyl groups is 1. The molecule has 1 aliphatic carbocycles. The quantitative estimate of drug-likeness (QED) is 0.214. The summed E-state index contributed by atoms with van der Waals surface area (Å²) >= 11 is 0. The molecular weight excluding hydrogens is 474 g/mol. The number of hydrogen-bond acceptors (Lipinski definition) is 4. The molecular formula is C33H35NO4. The number of aliphatic hydroxyl groups excluding tert-OH is 1. The van der Waals surface area contributed by atoms with Crippen molar-refractivity contribution < 1.29 is 19.4 Å². The fourth-order valence-corrected chi connectivity index (χ4v) is 5.70. The molecule has 0 radical (unpaired) electrons. The maximum absolute atomic E-state index is 13.5. The van der Waals surface area contributed by atoms with Crippen molar-refractivity contribution in [3.8, 4) is 5.75 Å². The molecule has 1 aliphatic heterocycles. The standard InChI is InChI=1S/C33H35NO4/c1-3-23-14-16-25(17-15-23)30-29(32(36)33(37)34(30)27-12-8-5-9-13-27)31(35)26-18-19-28(22(2)20-26)38-21-24-10-6-4-7-11-24/h4,6-7,10-11,14-20,27,30,35H,3,5,8-9,12-13,21H2,1-2H3/b31-29-. The molecule has 3 aromatic rings. The van der Waals surface area contributed by atoms with Gasteiger partial charge in [-0.2, -0.15) is 0 Å². The average molecular weight is 510 g/mol. The Labute approximate surface area is 224 Å². The second kappa shape index (κ2) is 11.3. The summed E-state index contributed by atoms with van der Waals surface area (Å²) in [5, 5.41) is 11.5. The van der Waals surface area contributed by atoms with E-state index in [9.17, 15) is 14.7 Å². The molecule has 0 aromatic heterocycles. The van der Waals surface area contributed by atoms with Crippen molar-refractivity contribution in [3.05, 3.63) is 106 Å². The molecule has 2 aliphatic rings. The van der Waals surface area contributed by atoms with E-state index in [0.717, 1.165) is 55.2 Å². The summed E-state index contributed by atoms with van der Waals surface area (Å²) in [5.74, 6) is -0.550. The number of ether oxygens (including phenoxy) is 1. The third kappa shape index (κ3) is 5.10. The molecule has 1 unspecified atom stereocenters. The van der Waals surface area contributed by atoms with Crippen LogP contribution in [0.1, 0.15) is 72.9 Å². The third-order valence-electron chi connectivity index (χ3n) is 7.84. The molecule has 0 spiro atoms. The summed E-state index contributed by atoms with van der Waals surface area (Å²) in [6, 6.07) is 22.8. The number of benzene rings is 3. The van der Waals surface area contributed by atoms with Crippen molar-refractivity contribution in [1.29, 1.82) is 0 Å². The van der Waals surface area contributed by atoms with Gasteiger partial charge in [0.05, 0.1) is 11.6 Å². The summed E-state index contributed by atoms with van der Waals surface area (Å²) in [5.41, 5.74) is 4.62. The van der Waals surface area contributed by atoms with Gasteiger partial charge in [-0.1, -0.05) is 80.8 Å². The lowest BCUT2D eigenvalue weighted by atomic mass is 9.90. The Bertz CT molecular complexity index is 1340. The van der Waals surface area contributed by atoms with Crippen LogP contribution in [0.5, 0.6) is 5.75 Å². The minimum Gasteiger partial charge on any atom is -0.507 e. The molecule has 2 fully saturated rings. The molecule has 0 bridgehead atoms. The van der Waals surface area contributed by atoms with Crippen LogP contribution in [0, 0.1) is 6.92 Å². The number of rotatable bonds is 7. The maximum Gasteiger partial charge on any atom is 0.295 e. The molecule has 1 amide bonds. The van der Waals surface area contributed by atoms with Crippen LogP contribution in [0.2, 0.25) is 0 Å². The van der Waals surface area contributed by atoms with Gasteiger partial charge in [-0.05, 0) is 66.6 Å². The molecule has 1 N–H and O–H groups in total. The first-order valence-electron chi connectivity index (χ1n) is 13.6. The van der Waals surface area contributed by atoms with Gasteiger partial charge in [-0.3, -0.25) is 9.59 Å². The van der Waals surface area contributed by atoms with E-state index in [2.05, 4.69) is 6.92 Å². The number of carbonyl (C=O) groups excluding carboxylic acids is 2. The van der Waals surface area contributed by atoms with Crippen molar-refractivity contribution >= 4 is 17.4 Å². The number of carbonyl (C=O) groups is 2. The monoisotopic (exact) mass is 509 g/mol. The molecule has 5 heteroatoms. The van der Waals surface area contributed by atoms with Gasteiger partial charge >= 0.3 is 0 Å². The molecule has 5 nitrogen and oxygen atoms in total. The zero-order valence-electron chi connectivity index (χ0n) is 22.2. The minimum absolute atomic E-state index is 0.00292. The van der Waals surface area contributed by atoms with Crippen molar-refractivity contribution in [2.75, 3.05) is 0 Å². The van der Waals surface area contributed by atoms with Crippen LogP contribution in [0.25, 0.3) is 5.76 Å². The van der Waals surface area contributed by atoms with Crippen LogP contribution in [-0.2, 0) is 22.6 Å². The Morgan fingerprint density at radius 3 is 2.29 bits per heavy atom. The van der Waals surface area contributed by atoms with E-state index < -0.39 is 17.7 Å². The Hall–Kier alpha value is -3.86. The Balaban J connectivity index is 1.51. The lowest BCUT2D eigenvalue weighted by Gasteiger charge is -2.35. The first-order chi connectivity index (χ1) is 18.5. The topological polar surface area (TPSA) is 66.8 Å². The van der Waals surface area contributed by atoms with E-state index in [0.29, 0.717) is 17.9 Å². The summed E-state index contributed by atoms with van der Waals surface area (Å²) < 4.78 is 6.00. The number of amides is 1. The van der Waals surface area contributed by atoms with E-state index in [1.807, 2.05) is 73.7 Å². The molecule has 3 aromatic carbocycles. The summed E-state index contributed by atoms with van der Waals surface area (Å²) in [7, 11) is 0. The predicted molar refractivity (Wildman–Crippen MR) is 149 cm³/mol. The van der Waals surface area contributed by atoms with Gasteiger partial charge in [0.2, 0.25) is 0 Å². The normalized spacial score (nSPS) is 19.6. The van der Waals surface area contributed by atoms with Gasteiger partial charge in [0.15, 0.2) is 0 Å². The average Bonchev–Trinajstić information content (AvgIpc) is 3.23. The number of Topliss-reactive ketones (excluding diaryl/α,β-unsaturated/α-hetero) is 1. The van der Waals surface area contributed by atoms with Crippen molar-refractivity contribution in [1.82, 2.24) is 4.90 Å². The summed E-state index contributed by atoms with van der Waals surface area (Å²) in [6.07, 6.45) is 5.89. The van der Waals surface area contributed by atoms with Gasteiger partial charge in [0, 0.05) is 11.6 Å². The number of hydrogen-bond donors (Lipinski definition) is 1. The van der Waals surface area contributed by atoms with Gasteiger partial charge < -0.3 is 14.7 Å². The van der Waals surface area contributed by atoms with Gasteiger partial charge in [-0.25, -0.2) is 0 Å². The van der Waals surface area contributed by atoms with Crippen molar-refractivity contribution in [3.63, 3.8) is 0 Å². The second-order valence-corrected chi connectivity index (χ2v) is 10.3. The highest BCUT2D eigenvalue weighted by atomic mass is 16.5. The smallest absolute Gasteiger partial charge is 0.295 e. The third-order valence-corrected chi connectivity index (χ3v) is 7.84. The second-order valence-electron chi connectivity index (χ2n) is 10.3. The predicted octanol–water partition coefficient (Wildman–Crippen LogP) is 6.89. The molecule has 38 heavy (non-hydrogen) atoms. The molecule has 196 valence electrons. The molecule has 1 saturated heterocycles. The van der Waals surface area contributed by atoms with E-state index in [4.69, 9.17) is 4.74 Å². The first-order valence-corrected chi connectivity index (χ1v) is 13.6. The van der Waals surface area contributed by atoms with Crippen LogP contribution in [-0.4, -0.2) is 27.7 Å². The minimum atomic E-state index is -0.611. The number of aryl methyl sites for hydroxylation is 2. The highest BCUT2D eigenvalue weighted by Crippen LogP contribution is 2.43. The summed E-state index contributed by atoms with van der Waals surface area (Å²) in [6.45, 7) is 4.45.